The molecule has 1 fully saturated rings. The molecule has 1 aliphatic rings. The van der Waals surface area contributed by atoms with Gasteiger partial charge in [-0.3, -0.25) is 9.69 Å². The van der Waals surface area contributed by atoms with Crippen LogP contribution >= 0.6 is 0 Å². The van der Waals surface area contributed by atoms with Crippen molar-refractivity contribution in [2.75, 3.05) is 7.11 Å². The summed E-state index contributed by atoms with van der Waals surface area (Å²) in [5, 5.41) is 14.2. The Bertz CT molecular complexity index is 1640. The lowest BCUT2D eigenvalue weighted by molar-refractivity contribution is 0.190. The zero-order valence-corrected chi connectivity index (χ0v) is 23.0. The highest BCUT2D eigenvalue weighted by atomic mass is 16.5. The second kappa shape index (κ2) is 11.4. The second-order valence-electron chi connectivity index (χ2n) is 10.7. The molecule has 5 aromatic rings. The summed E-state index contributed by atoms with van der Waals surface area (Å²) < 4.78 is 7.37. The number of benzene rings is 3. The lowest BCUT2D eigenvalue weighted by Gasteiger charge is -2.32. The number of aromatic nitrogens is 5. The molecule has 0 radical (unpaired) electrons. The first-order valence-electron chi connectivity index (χ1n) is 13.9. The molecule has 0 spiro atoms. The lowest BCUT2D eigenvalue weighted by Crippen LogP contribution is -2.35. The van der Waals surface area contributed by atoms with Crippen molar-refractivity contribution in [1.29, 1.82) is 0 Å². The van der Waals surface area contributed by atoms with Gasteiger partial charge in [-0.1, -0.05) is 73.5 Å². The van der Waals surface area contributed by atoms with E-state index in [2.05, 4.69) is 49.7 Å². The van der Waals surface area contributed by atoms with Crippen LogP contribution in [-0.4, -0.2) is 37.2 Å². The SMILES string of the molecule is COc1ccc(CN(Cc2ccccc2)[C@H](c2cc3cccc(C)c3[nH]c2=O)c2nnnn2C2CCCC2)cc1. The number of nitrogens with zero attached hydrogens (tertiary/aromatic N) is 5. The highest BCUT2D eigenvalue weighted by molar-refractivity contribution is 5.82. The summed E-state index contributed by atoms with van der Waals surface area (Å²) in [6.07, 6.45) is 4.39. The standard InChI is InChI=1S/C32H34N6O2/c1-22-9-8-12-25-19-28(32(39)33-29(22)25)30(31-34-35-36-38(31)26-13-6-7-14-26)37(20-23-10-4-3-5-11-23)21-24-15-17-27(40-2)18-16-24/h3-5,8-12,15-19,26,30H,6-7,13-14,20-21H2,1-2H3,(H,33,39)/t30-/m1/s1. The Balaban J connectivity index is 1.53. The maximum absolute atomic E-state index is 13.9. The smallest absolute Gasteiger partial charge is 0.253 e. The average molecular weight is 535 g/mol. The summed E-state index contributed by atoms with van der Waals surface area (Å²) in [6.45, 7) is 3.22. The van der Waals surface area contributed by atoms with Crippen LogP contribution in [-0.2, 0) is 13.1 Å². The number of ether oxygens (including phenoxy) is 1. The topological polar surface area (TPSA) is 88.9 Å². The fraction of sp³-hybridized carbons (Fsp3) is 0.312. The van der Waals surface area contributed by atoms with E-state index in [1.165, 1.54) is 0 Å². The molecule has 3 aromatic carbocycles. The quantitative estimate of drug-likeness (QED) is 0.260. The molecule has 2 heterocycles. The Morgan fingerprint density at radius 3 is 2.42 bits per heavy atom. The number of methoxy groups -OCH3 is 1. The van der Waals surface area contributed by atoms with Crippen LogP contribution in [0.25, 0.3) is 10.9 Å². The van der Waals surface area contributed by atoms with Gasteiger partial charge in [0.15, 0.2) is 5.82 Å². The number of rotatable bonds is 9. The Labute approximate surface area is 233 Å². The van der Waals surface area contributed by atoms with Crippen LogP contribution in [0.2, 0.25) is 0 Å². The van der Waals surface area contributed by atoms with Crippen molar-refractivity contribution in [1.82, 2.24) is 30.1 Å². The molecule has 0 amide bonds. The van der Waals surface area contributed by atoms with E-state index >= 15 is 0 Å². The van der Waals surface area contributed by atoms with Gasteiger partial charge >= 0.3 is 0 Å². The van der Waals surface area contributed by atoms with E-state index in [9.17, 15) is 4.79 Å². The molecule has 1 atom stereocenters. The highest BCUT2D eigenvalue weighted by Crippen LogP contribution is 2.35. The summed E-state index contributed by atoms with van der Waals surface area (Å²) in [5.74, 6) is 1.51. The third-order valence-electron chi connectivity index (χ3n) is 7.98. The minimum Gasteiger partial charge on any atom is -0.497 e. The molecule has 8 heteroatoms. The van der Waals surface area contributed by atoms with Crippen LogP contribution in [0.4, 0.5) is 0 Å². The first-order chi connectivity index (χ1) is 19.6. The first-order valence-corrected chi connectivity index (χ1v) is 13.9. The molecular weight excluding hydrogens is 500 g/mol. The molecule has 204 valence electrons. The number of fused-ring (bicyclic) bond motifs is 1. The number of H-pyrrole nitrogens is 1. The van der Waals surface area contributed by atoms with Crippen molar-refractivity contribution in [3.05, 3.63) is 117 Å². The number of pyridine rings is 1. The predicted octanol–water partition coefficient (Wildman–Crippen LogP) is 5.74. The van der Waals surface area contributed by atoms with Crippen molar-refractivity contribution in [3.63, 3.8) is 0 Å². The largest absolute Gasteiger partial charge is 0.497 e. The third-order valence-corrected chi connectivity index (χ3v) is 7.98. The van der Waals surface area contributed by atoms with E-state index in [0.717, 1.165) is 59.0 Å². The van der Waals surface area contributed by atoms with Gasteiger partial charge in [0.1, 0.15) is 11.8 Å². The van der Waals surface area contributed by atoms with Crippen LogP contribution in [0.3, 0.4) is 0 Å². The van der Waals surface area contributed by atoms with Gasteiger partial charge in [0.2, 0.25) is 0 Å². The lowest BCUT2D eigenvalue weighted by atomic mass is 10.00. The van der Waals surface area contributed by atoms with Crippen molar-refractivity contribution in [3.8, 4) is 5.75 Å². The third kappa shape index (κ3) is 5.27. The Hall–Kier alpha value is -4.30. The van der Waals surface area contributed by atoms with Gasteiger partial charge in [0.25, 0.3) is 5.56 Å². The normalized spacial score (nSPS) is 14.7. The first kappa shape index (κ1) is 26.0. The molecule has 0 saturated heterocycles. The van der Waals surface area contributed by atoms with Crippen molar-refractivity contribution in [2.24, 2.45) is 0 Å². The zero-order chi connectivity index (χ0) is 27.5. The highest BCUT2D eigenvalue weighted by Gasteiger charge is 2.33. The van der Waals surface area contributed by atoms with Gasteiger partial charge in [-0.2, -0.15) is 0 Å². The van der Waals surface area contributed by atoms with Gasteiger partial charge in [0.05, 0.1) is 18.7 Å². The molecular formula is C32H34N6O2. The van der Waals surface area contributed by atoms with Crippen molar-refractivity contribution in [2.45, 2.75) is 57.8 Å². The van der Waals surface area contributed by atoms with Crippen molar-refractivity contribution < 1.29 is 4.74 Å². The van der Waals surface area contributed by atoms with Crippen LogP contribution in [0.5, 0.6) is 5.75 Å². The number of aromatic amines is 1. The Kier molecular flexibility index (Phi) is 7.42. The number of hydrogen-bond donors (Lipinski definition) is 1. The van der Waals surface area contributed by atoms with E-state index in [0.29, 0.717) is 24.5 Å². The Morgan fingerprint density at radius 1 is 0.975 bits per heavy atom. The zero-order valence-electron chi connectivity index (χ0n) is 23.0. The van der Waals surface area contributed by atoms with Crippen LogP contribution in [0.1, 0.15) is 65.8 Å². The van der Waals surface area contributed by atoms with E-state index in [1.54, 1.807) is 7.11 Å². The number of aryl methyl sites for hydroxylation is 1. The molecule has 0 bridgehead atoms. The predicted molar refractivity (Wildman–Crippen MR) is 155 cm³/mol. The molecule has 6 rings (SSSR count). The van der Waals surface area contributed by atoms with Gasteiger partial charge < -0.3 is 9.72 Å². The molecule has 8 nitrogen and oxygen atoms in total. The minimum absolute atomic E-state index is 0.124. The summed E-state index contributed by atoms with van der Waals surface area (Å²) in [6, 6.07) is 26.3. The number of nitrogens with one attached hydrogen (secondary N) is 1. The van der Waals surface area contributed by atoms with Gasteiger partial charge in [0, 0.05) is 18.7 Å². The van der Waals surface area contributed by atoms with Gasteiger partial charge in [-0.25, -0.2) is 4.68 Å². The van der Waals surface area contributed by atoms with Crippen LogP contribution in [0.15, 0.2) is 83.7 Å². The Morgan fingerprint density at radius 2 is 1.70 bits per heavy atom. The molecule has 1 N–H and O–H groups in total. The van der Waals surface area contributed by atoms with Gasteiger partial charge in [-0.05, 0) is 70.5 Å². The molecule has 0 aliphatic heterocycles. The summed E-state index contributed by atoms with van der Waals surface area (Å²) in [7, 11) is 1.67. The minimum atomic E-state index is -0.466. The molecule has 0 unspecified atom stereocenters. The molecule has 1 saturated carbocycles. The maximum atomic E-state index is 13.9. The number of hydrogen-bond acceptors (Lipinski definition) is 6. The number of tetrazole rings is 1. The average Bonchev–Trinajstić information content (AvgIpc) is 3.68. The van der Waals surface area contributed by atoms with Crippen LogP contribution < -0.4 is 10.3 Å². The maximum Gasteiger partial charge on any atom is 0.253 e. The molecule has 40 heavy (non-hydrogen) atoms. The van der Waals surface area contributed by atoms with E-state index in [4.69, 9.17) is 4.74 Å². The second-order valence-corrected chi connectivity index (χ2v) is 10.7. The summed E-state index contributed by atoms with van der Waals surface area (Å²) >= 11 is 0. The van der Waals surface area contributed by atoms with Gasteiger partial charge in [-0.15, -0.1) is 5.10 Å². The summed E-state index contributed by atoms with van der Waals surface area (Å²) in [5.41, 5.74) is 4.66. The number of para-hydroxylation sites is 1. The fourth-order valence-electron chi connectivity index (χ4n) is 5.91. The molecule has 2 aromatic heterocycles. The van der Waals surface area contributed by atoms with Crippen molar-refractivity contribution >= 4 is 10.9 Å². The molecule has 1 aliphatic carbocycles. The monoisotopic (exact) mass is 534 g/mol. The van der Waals surface area contributed by atoms with E-state index < -0.39 is 6.04 Å². The van der Waals surface area contributed by atoms with E-state index in [1.807, 2.05) is 66.2 Å². The van der Waals surface area contributed by atoms with E-state index in [-0.39, 0.29) is 11.6 Å². The fourth-order valence-corrected chi connectivity index (χ4v) is 5.91. The van der Waals surface area contributed by atoms with Crippen LogP contribution in [0, 0.1) is 6.92 Å². The summed E-state index contributed by atoms with van der Waals surface area (Å²) in [4.78, 5) is 19.4.